The first-order valence-electron chi connectivity index (χ1n) is 20.2. The van der Waals surface area contributed by atoms with Gasteiger partial charge in [0.15, 0.2) is 0 Å². The van der Waals surface area contributed by atoms with Gasteiger partial charge < -0.3 is 19.1 Å². The molecule has 0 spiro atoms. The Morgan fingerprint density at radius 1 is 0.579 bits per heavy atom. The number of fused-ring (bicyclic) bond motifs is 7. The molecule has 0 amide bonds. The van der Waals surface area contributed by atoms with E-state index in [1.165, 1.54) is 55.3 Å². The highest BCUT2D eigenvalue weighted by molar-refractivity contribution is 6.12. The summed E-state index contributed by atoms with van der Waals surface area (Å²) in [5.41, 5.74) is 13.2. The first-order chi connectivity index (χ1) is 27.7. The van der Waals surface area contributed by atoms with Crippen molar-refractivity contribution in [3.63, 3.8) is 0 Å². The summed E-state index contributed by atoms with van der Waals surface area (Å²) in [7, 11) is 2.15. The number of aryl methyl sites for hydroxylation is 2. The van der Waals surface area contributed by atoms with Crippen LogP contribution in [0.1, 0.15) is 51.3 Å². The Bertz CT molecular complexity index is 2960. The van der Waals surface area contributed by atoms with Crippen molar-refractivity contribution in [1.29, 1.82) is 0 Å². The Hall–Kier alpha value is -6.53. The topological polar surface area (TPSA) is 38.5 Å². The molecule has 0 unspecified atom stereocenters. The summed E-state index contributed by atoms with van der Waals surface area (Å²) >= 11 is 0. The van der Waals surface area contributed by atoms with Gasteiger partial charge in [0.25, 0.3) is 0 Å². The van der Waals surface area contributed by atoms with Crippen LogP contribution in [0.3, 0.4) is 0 Å². The van der Waals surface area contributed by atoms with E-state index >= 15 is 0 Å². The molecule has 0 aliphatic carbocycles. The highest BCUT2D eigenvalue weighted by Gasteiger charge is 2.27. The third kappa shape index (κ3) is 5.65. The molecule has 0 radical (unpaired) electrons. The maximum absolute atomic E-state index is 6.88. The molecule has 4 heterocycles. The van der Waals surface area contributed by atoms with Crippen molar-refractivity contribution < 1.29 is 4.74 Å². The van der Waals surface area contributed by atoms with Gasteiger partial charge >= 0.3 is 0 Å². The van der Waals surface area contributed by atoms with Crippen molar-refractivity contribution in [3.05, 3.63) is 156 Å². The summed E-state index contributed by atoms with van der Waals surface area (Å²) in [5, 5.41) is 4.91. The first-order valence-corrected chi connectivity index (χ1v) is 20.2. The molecule has 6 aromatic carbocycles. The molecule has 10 rings (SSSR count). The van der Waals surface area contributed by atoms with E-state index in [0.717, 1.165) is 64.6 Å². The molecule has 9 aromatic rings. The first kappa shape index (κ1) is 34.9. The number of pyridine rings is 1. The lowest BCUT2D eigenvalue weighted by molar-refractivity contribution is 0.479. The summed E-state index contributed by atoms with van der Waals surface area (Å²) < 4.78 is 11.7. The van der Waals surface area contributed by atoms with Crippen LogP contribution in [0.2, 0.25) is 0 Å². The number of nitrogens with zero attached hydrogens (tertiary/aromatic N) is 5. The third-order valence-electron chi connectivity index (χ3n) is 11.8. The van der Waals surface area contributed by atoms with Crippen LogP contribution < -0.4 is 14.5 Å². The summed E-state index contributed by atoms with van der Waals surface area (Å²) in [6.07, 6.45) is 3.86. The smallest absolute Gasteiger partial charge is 0.139 e. The van der Waals surface area contributed by atoms with Crippen molar-refractivity contribution in [2.45, 2.75) is 52.9 Å². The van der Waals surface area contributed by atoms with Crippen LogP contribution in [0.4, 0.5) is 17.1 Å². The zero-order valence-electron chi connectivity index (χ0n) is 33.5. The zero-order chi connectivity index (χ0) is 39.0. The van der Waals surface area contributed by atoms with E-state index in [1.807, 2.05) is 6.20 Å². The molecule has 0 saturated carbocycles. The second kappa shape index (κ2) is 13.3. The van der Waals surface area contributed by atoms with Gasteiger partial charge in [0.05, 0.1) is 45.8 Å². The van der Waals surface area contributed by atoms with Crippen LogP contribution in [0.25, 0.3) is 55.1 Å². The van der Waals surface area contributed by atoms with Gasteiger partial charge in [-0.15, -0.1) is 0 Å². The number of anilines is 3. The molecular weight excluding hydrogens is 699 g/mol. The van der Waals surface area contributed by atoms with E-state index in [0.29, 0.717) is 0 Å². The fourth-order valence-corrected chi connectivity index (χ4v) is 8.98. The lowest BCUT2D eigenvalue weighted by Gasteiger charge is -2.25. The standard InChI is InChI=1S/C51H47N5O/c1-7-33-15-13-18-42-43-19-14-16-34(8-2)50(43)55(49(33)42)36-25-26-52-48(30-36)56-44-20-10-9-17-40(44)41-24-23-38(31-47(41)56)57-39-28-35(51(3,4)5)27-37(29-39)54-32-53(6)45-21-11-12-22-46(45)54/h9-31H,7-8,32H2,1-6H3. The molecule has 1 aliphatic heterocycles. The van der Waals surface area contributed by atoms with Gasteiger partial charge in [0, 0.05) is 58.7 Å². The zero-order valence-corrected chi connectivity index (χ0v) is 33.5. The Morgan fingerprint density at radius 3 is 1.96 bits per heavy atom. The number of aromatic nitrogens is 3. The Balaban J connectivity index is 1.12. The van der Waals surface area contributed by atoms with Gasteiger partial charge in [0.2, 0.25) is 0 Å². The van der Waals surface area contributed by atoms with Crippen molar-refractivity contribution in [3.8, 4) is 23.0 Å². The average Bonchev–Trinajstić information content (AvgIpc) is 3.87. The van der Waals surface area contributed by atoms with Crippen molar-refractivity contribution in [1.82, 2.24) is 14.1 Å². The van der Waals surface area contributed by atoms with Gasteiger partial charge in [-0.25, -0.2) is 4.98 Å². The summed E-state index contributed by atoms with van der Waals surface area (Å²) in [6.45, 7) is 12.1. The van der Waals surface area contributed by atoms with E-state index in [-0.39, 0.29) is 5.41 Å². The highest BCUT2D eigenvalue weighted by Crippen LogP contribution is 2.44. The molecule has 0 atom stereocenters. The monoisotopic (exact) mass is 745 g/mol. The fourth-order valence-electron chi connectivity index (χ4n) is 8.98. The summed E-state index contributed by atoms with van der Waals surface area (Å²) in [6, 6.07) is 48.3. The average molecular weight is 746 g/mol. The third-order valence-corrected chi connectivity index (χ3v) is 11.8. The second-order valence-electron chi connectivity index (χ2n) is 16.4. The summed E-state index contributed by atoms with van der Waals surface area (Å²) in [4.78, 5) is 9.74. The number of ether oxygens (including phenoxy) is 1. The molecule has 3 aromatic heterocycles. The fraction of sp³-hybridized carbons (Fsp3) is 0.196. The number of rotatable bonds is 7. The van der Waals surface area contributed by atoms with Crippen LogP contribution in [0, 0.1) is 0 Å². The predicted molar refractivity (Wildman–Crippen MR) is 239 cm³/mol. The van der Waals surface area contributed by atoms with Crippen LogP contribution in [0.15, 0.2) is 140 Å². The summed E-state index contributed by atoms with van der Waals surface area (Å²) in [5.74, 6) is 2.46. The van der Waals surface area contributed by atoms with E-state index in [4.69, 9.17) is 9.72 Å². The van der Waals surface area contributed by atoms with Gasteiger partial charge in [0.1, 0.15) is 17.3 Å². The Labute approximate surface area is 334 Å². The van der Waals surface area contributed by atoms with Gasteiger partial charge in [-0.3, -0.25) is 4.57 Å². The largest absolute Gasteiger partial charge is 0.457 e. The molecule has 6 heteroatoms. The van der Waals surface area contributed by atoms with E-state index < -0.39 is 0 Å². The molecule has 282 valence electrons. The van der Waals surface area contributed by atoms with Gasteiger partial charge in [-0.05, 0) is 83.5 Å². The van der Waals surface area contributed by atoms with Crippen LogP contribution >= 0.6 is 0 Å². The van der Waals surface area contributed by atoms with Crippen LogP contribution in [-0.4, -0.2) is 27.8 Å². The quantitative estimate of drug-likeness (QED) is 0.163. The number of benzene rings is 6. The molecule has 57 heavy (non-hydrogen) atoms. The minimum Gasteiger partial charge on any atom is -0.457 e. The minimum absolute atomic E-state index is 0.0709. The number of para-hydroxylation sites is 5. The maximum Gasteiger partial charge on any atom is 0.139 e. The molecule has 0 saturated heterocycles. The maximum atomic E-state index is 6.88. The molecular formula is C51H47N5O. The second-order valence-corrected chi connectivity index (χ2v) is 16.4. The van der Waals surface area contributed by atoms with Gasteiger partial charge in [-0.1, -0.05) is 101 Å². The lowest BCUT2D eigenvalue weighted by atomic mass is 9.86. The van der Waals surface area contributed by atoms with Gasteiger partial charge in [-0.2, -0.15) is 0 Å². The van der Waals surface area contributed by atoms with Crippen molar-refractivity contribution in [2.75, 3.05) is 23.5 Å². The molecule has 0 bridgehead atoms. The highest BCUT2D eigenvalue weighted by atomic mass is 16.5. The Morgan fingerprint density at radius 2 is 1.25 bits per heavy atom. The molecule has 6 nitrogen and oxygen atoms in total. The predicted octanol–water partition coefficient (Wildman–Crippen LogP) is 13.0. The van der Waals surface area contributed by atoms with Crippen LogP contribution in [-0.2, 0) is 18.3 Å². The SMILES string of the molecule is CCc1cccc2c3cccc(CC)c3n(-c3ccnc(-n4c5ccccc5c5ccc(Oc6cc(N7CN(C)c8ccccc87)cc(C(C)(C)C)c6)cc54)c3)c12. The normalized spacial score (nSPS) is 13.1. The molecule has 1 aliphatic rings. The molecule has 0 fully saturated rings. The number of hydrogen-bond acceptors (Lipinski definition) is 4. The van der Waals surface area contributed by atoms with Crippen molar-refractivity contribution >= 4 is 60.7 Å². The van der Waals surface area contributed by atoms with Crippen LogP contribution in [0.5, 0.6) is 11.5 Å². The minimum atomic E-state index is -0.0709. The molecule has 0 N–H and O–H groups in total. The van der Waals surface area contributed by atoms with E-state index in [9.17, 15) is 0 Å². The van der Waals surface area contributed by atoms with E-state index in [2.05, 4.69) is 194 Å². The lowest BCUT2D eigenvalue weighted by Crippen LogP contribution is -2.24. The van der Waals surface area contributed by atoms with E-state index in [1.54, 1.807) is 0 Å². The number of hydrogen-bond donors (Lipinski definition) is 0. The van der Waals surface area contributed by atoms with Crippen molar-refractivity contribution in [2.24, 2.45) is 0 Å². The Kier molecular flexibility index (Phi) is 8.15.